The van der Waals surface area contributed by atoms with Crippen LogP contribution in [0.2, 0.25) is 0 Å². The predicted molar refractivity (Wildman–Crippen MR) is 42.0 cm³/mol. The maximum atomic E-state index is 12.6. The van der Waals surface area contributed by atoms with Gasteiger partial charge < -0.3 is 11.1 Å². The van der Waals surface area contributed by atoms with Gasteiger partial charge in [-0.05, 0) is 12.1 Å². The topological polar surface area (TPSA) is 55.1 Å². The van der Waals surface area contributed by atoms with Crippen molar-refractivity contribution < 1.29 is 9.18 Å². The van der Waals surface area contributed by atoms with E-state index in [0.29, 0.717) is 11.3 Å². The molecular weight excluding hydrogens is 159 g/mol. The summed E-state index contributed by atoms with van der Waals surface area (Å²) in [6.07, 6.45) is 0. The summed E-state index contributed by atoms with van der Waals surface area (Å²) in [5, 5.41) is 2.48. The van der Waals surface area contributed by atoms with Gasteiger partial charge in [0.2, 0.25) is 5.91 Å². The zero-order valence-electron chi connectivity index (χ0n) is 6.17. The quantitative estimate of drug-likeness (QED) is 0.598. The summed E-state index contributed by atoms with van der Waals surface area (Å²) in [4.78, 5) is 11.0. The molecule has 0 aliphatic carbocycles. The van der Waals surface area contributed by atoms with Gasteiger partial charge >= 0.3 is 0 Å². The maximum absolute atomic E-state index is 12.6. The highest BCUT2D eigenvalue weighted by Crippen LogP contribution is 2.29. The molecule has 12 heavy (non-hydrogen) atoms. The number of rotatable bonds is 0. The van der Waals surface area contributed by atoms with Gasteiger partial charge in [0.15, 0.2) is 0 Å². The molecule has 0 saturated heterocycles. The molecular formula is C8H7FN2O. The second-order valence-electron chi connectivity index (χ2n) is 2.70. The molecule has 0 bridgehead atoms. The number of hydrogen-bond donors (Lipinski definition) is 2. The Kier molecular flexibility index (Phi) is 1.38. The summed E-state index contributed by atoms with van der Waals surface area (Å²) < 4.78 is 12.6. The van der Waals surface area contributed by atoms with Crippen LogP contribution in [0.3, 0.4) is 0 Å². The van der Waals surface area contributed by atoms with Crippen LogP contribution in [0, 0.1) is 5.82 Å². The maximum Gasteiger partial charge on any atom is 0.245 e. The molecule has 0 spiro atoms. The molecule has 1 amide bonds. The van der Waals surface area contributed by atoms with Crippen LogP contribution in [0.5, 0.6) is 0 Å². The average molecular weight is 166 g/mol. The standard InChI is InChI=1S/C8H7FN2O/c9-4-1-2-5-6(3-4)11-8(12)7(5)10/h1-3,7H,10H2,(H,11,12)/t7-/m0/s1. The monoisotopic (exact) mass is 166 g/mol. The van der Waals surface area contributed by atoms with Crippen molar-refractivity contribution in [1.29, 1.82) is 0 Å². The largest absolute Gasteiger partial charge is 0.324 e. The number of nitrogens with one attached hydrogen (secondary N) is 1. The second kappa shape index (κ2) is 2.28. The number of halogens is 1. The van der Waals surface area contributed by atoms with Crippen molar-refractivity contribution in [3.05, 3.63) is 29.6 Å². The Bertz CT molecular complexity index is 351. The number of carbonyl (C=O) groups is 1. The minimum Gasteiger partial charge on any atom is -0.324 e. The minimum atomic E-state index is -0.652. The Hall–Kier alpha value is -1.42. The third-order valence-corrected chi connectivity index (χ3v) is 1.89. The van der Waals surface area contributed by atoms with Crippen molar-refractivity contribution in [3.8, 4) is 0 Å². The van der Waals surface area contributed by atoms with E-state index >= 15 is 0 Å². The smallest absolute Gasteiger partial charge is 0.245 e. The molecule has 1 aromatic carbocycles. The van der Waals surface area contributed by atoms with Crippen LogP contribution in [0.15, 0.2) is 18.2 Å². The Morgan fingerprint density at radius 1 is 1.50 bits per heavy atom. The zero-order chi connectivity index (χ0) is 8.72. The number of fused-ring (bicyclic) bond motifs is 1. The molecule has 1 atom stereocenters. The van der Waals surface area contributed by atoms with Crippen molar-refractivity contribution in [1.82, 2.24) is 0 Å². The summed E-state index contributed by atoms with van der Waals surface area (Å²) in [6, 6.07) is 3.42. The first-order valence-corrected chi connectivity index (χ1v) is 3.54. The van der Waals surface area contributed by atoms with E-state index in [2.05, 4.69) is 5.32 Å². The number of nitrogens with two attached hydrogens (primary N) is 1. The normalized spacial score (nSPS) is 20.5. The van der Waals surface area contributed by atoms with Gasteiger partial charge in [0.1, 0.15) is 11.9 Å². The molecule has 0 fully saturated rings. The fourth-order valence-corrected chi connectivity index (χ4v) is 1.26. The molecule has 1 aliphatic rings. The predicted octanol–water partition coefficient (Wildman–Crippen LogP) is 0.778. The highest BCUT2D eigenvalue weighted by molar-refractivity contribution is 6.02. The fraction of sp³-hybridized carbons (Fsp3) is 0.125. The van der Waals surface area contributed by atoms with Crippen LogP contribution < -0.4 is 11.1 Å². The minimum absolute atomic E-state index is 0.282. The lowest BCUT2D eigenvalue weighted by molar-refractivity contribution is -0.116. The molecule has 4 heteroatoms. The molecule has 0 unspecified atom stereocenters. The summed E-state index contributed by atoms with van der Waals surface area (Å²) >= 11 is 0. The third-order valence-electron chi connectivity index (χ3n) is 1.89. The molecule has 3 nitrogen and oxygen atoms in total. The highest BCUT2D eigenvalue weighted by atomic mass is 19.1. The van der Waals surface area contributed by atoms with E-state index in [4.69, 9.17) is 5.73 Å². The third kappa shape index (κ3) is 0.887. The van der Waals surface area contributed by atoms with E-state index in [9.17, 15) is 9.18 Å². The molecule has 0 radical (unpaired) electrons. The SMILES string of the molecule is N[C@@H]1C(=O)Nc2cc(F)ccc21. The van der Waals surface area contributed by atoms with E-state index in [-0.39, 0.29) is 11.7 Å². The van der Waals surface area contributed by atoms with Crippen molar-refractivity contribution >= 4 is 11.6 Å². The van der Waals surface area contributed by atoms with Gasteiger partial charge in [0.25, 0.3) is 0 Å². The van der Waals surface area contributed by atoms with Gasteiger partial charge in [-0.25, -0.2) is 4.39 Å². The number of hydrogen-bond acceptors (Lipinski definition) is 2. The fourth-order valence-electron chi connectivity index (χ4n) is 1.26. The summed E-state index contributed by atoms with van der Waals surface area (Å²) in [5.41, 5.74) is 6.64. The molecule has 1 aromatic rings. The Morgan fingerprint density at radius 2 is 2.25 bits per heavy atom. The molecule has 62 valence electrons. The van der Waals surface area contributed by atoms with E-state index in [1.807, 2.05) is 0 Å². The van der Waals surface area contributed by atoms with Crippen molar-refractivity contribution in [2.24, 2.45) is 5.73 Å². The molecule has 1 aliphatic heterocycles. The average Bonchev–Trinajstić information content (AvgIpc) is 2.28. The summed E-state index contributed by atoms with van der Waals surface area (Å²) in [7, 11) is 0. The molecule has 3 N–H and O–H groups in total. The van der Waals surface area contributed by atoms with E-state index in [1.165, 1.54) is 18.2 Å². The second-order valence-corrected chi connectivity index (χ2v) is 2.70. The van der Waals surface area contributed by atoms with Crippen molar-refractivity contribution in [2.45, 2.75) is 6.04 Å². The van der Waals surface area contributed by atoms with Crippen LogP contribution in [0.25, 0.3) is 0 Å². The number of carbonyl (C=O) groups excluding carboxylic acids is 1. The molecule has 1 heterocycles. The first-order chi connectivity index (χ1) is 5.68. The first-order valence-electron chi connectivity index (χ1n) is 3.54. The van der Waals surface area contributed by atoms with E-state index in [0.717, 1.165) is 0 Å². The van der Waals surface area contributed by atoms with Gasteiger partial charge in [0, 0.05) is 11.3 Å². The van der Waals surface area contributed by atoms with Crippen molar-refractivity contribution in [3.63, 3.8) is 0 Å². The van der Waals surface area contributed by atoms with Crippen LogP contribution >= 0.6 is 0 Å². The molecule has 0 saturated carbocycles. The Labute approximate surface area is 68.4 Å². The lowest BCUT2D eigenvalue weighted by Crippen LogP contribution is -2.19. The first kappa shape index (κ1) is 7.24. The van der Waals surface area contributed by atoms with Crippen LogP contribution in [-0.2, 0) is 4.79 Å². The lowest BCUT2D eigenvalue weighted by atomic mass is 10.1. The zero-order valence-corrected chi connectivity index (χ0v) is 6.17. The van der Waals surface area contributed by atoms with E-state index < -0.39 is 6.04 Å². The number of anilines is 1. The van der Waals surface area contributed by atoms with Gasteiger partial charge in [-0.15, -0.1) is 0 Å². The summed E-state index contributed by atoms with van der Waals surface area (Å²) in [5.74, 6) is -0.654. The summed E-state index contributed by atoms with van der Waals surface area (Å²) in [6.45, 7) is 0. The van der Waals surface area contributed by atoms with Crippen LogP contribution in [-0.4, -0.2) is 5.91 Å². The van der Waals surface area contributed by atoms with Gasteiger partial charge in [-0.2, -0.15) is 0 Å². The number of benzene rings is 1. The van der Waals surface area contributed by atoms with Gasteiger partial charge in [-0.1, -0.05) is 6.07 Å². The molecule has 0 aromatic heterocycles. The molecule has 2 rings (SSSR count). The lowest BCUT2D eigenvalue weighted by Gasteiger charge is -1.99. The Morgan fingerprint density at radius 3 is 3.00 bits per heavy atom. The Balaban J connectivity index is 2.54. The highest BCUT2D eigenvalue weighted by Gasteiger charge is 2.26. The van der Waals surface area contributed by atoms with Gasteiger partial charge in [0.05, 0.1) is 0 Å². The van der Waals surface area contributed by atoms with Crippen LogP contribution in [0.1, 0.15) is 11.6 Å². The van der Waals surface area contributed by atoms with E-state index in [1.54, 1.807) is 0 Å². The number of amides is 1. The van der Waals surface area contributed by atoms with Crippen molar-refractivity contribution in [2.75, 3.05) is 5.32 Å². The van der Waals surface area contributed by atoms with Gasteiger partial charge in [-0.3, -0.25) is 4.79 Å². The van der Waals surface area contributed by atoms with Crippen LogP contribution in [0.4, 0.5) is 10.1 Å².